The highest BCUT2D eigenvalue weighted by Crippen LogP contribution is 2.23. The minimum absolute atomic E-state index is 0.258. The van der Waals surface area contributed by atoms with Crippen LogP contribution in [0, 0.1) is 0 Å². The Kier molecular flexibility index (Phi) is 7.19. The zero-order chi connectivity index (χ0) is 13.4. The molecule has 0 amide bonds. The molecule has 108 valence electrons. The van der Waals surface area contributed by atoms with Crippen LogP contribution >= 0.6 is 0 Å². The highest BCUT2D eigenvalue weighted by Gasteiger charge is 2.32. The Labute approximate surface area is 112 Å². The number of sulfonamides is 1. The number of nitrogens with zero attached hydrogens (tertiary/aromatic N) is 1. The first-order chi connectivity index (χ1) is 8.61. The molecule has 18 heavy (non-hydrogen) atoms. The summed E-state index contributed by atoms with van der Waals surface area (Å²) in [7, 11) is -3.01. The van der Waals surface area contributed by atoms with Gasteiger partial charge in [0.1, 0.15) is 0 Å². The van der Waals surface area contributed by atoms with Crippen molar-refractivity contribution in [2.75, 3.05) is 25.4 Å². The summed E-state index contributed by atoms with van der Waals surface area (Å²) in [6.45, 7) is 6.90. The molecular weight excluding hydrogens is 248 g/mol. The van der Waals surface area contributed by atoms with Crippen molar-refractivity contribution >= 4 is 10.0 Å². The van der Waals surface area contributed by atoms with Crippen LogP contribution in [0.4, 0.5) is 0 Å². The first kappa shape index (κ1) is 15.9. The maximum atomic E-state index is 12.2. The van der Waals surface area contributed by atoms with Crippen LogP contribution in [0.5, 0.6) is 0 Å². The van der Waals surface area contributed by atoms with E-state index in [4.69, 9.17) is 0 Å². The summed E-state index contributed by atoms with van der Waals surface area (Å²) in [5, 5.41) is 3.30. The van der Waals surface area contributed by atoms with Crippen molar-refractivity contribution < 1.29 is 8.42 Å². The minimum Gasteiger partial charge on any atom is -0.317 e. The van der Waals surface area contributed by atoms with E-state index in [0.717, 1.165) is 58.2 Å². The van der Waals surface area contributed by atoms with Crippen LogP contribution in [0.2, 0.25) is 0 Å². The fourth-order valence-corrected chi connectivity index (χ4v) is 4.46. The van der Waals surface area contributed by atoms with E-state index in [0.29, 0.717) is 5.75 Å². The molecule has 0 radical (unpaired) electrons. The van der Waals surface area contributed by atoms with Crippen LogP contribution in [0.1, 0.15) is 52.4 Å². The van der Waals surface area contributed by atoms with Crippen LogP contribution in [-0.4, -0.2) is 44.2 Å². The maximum absolute atomic E-state index is 12.2. The summed E-state index contributed by atoms with van der Waals surface area (Å²) in [6.07, 6.45) is 5.85. The molecule has 1 aliphatic rings. The Morgan fingerprint density at radius 3 is 2.67 bits per heavy atom. The van der Waals surface area contributed by atoms with Crippen LogP contribution < -0.4 is 5.32 Å². The number of rotatable bonds is 9. The monoisotopic (exact) mass is 276 g/mol. The van der Waals surface area contributed by atoms with Gasteiger partial charge in [0.25, 0.3) is 0 Å². The third kappa shape index (κ3) is 4.86. The van der Waals surface area contributed by atoms with Crippen LogP contribution in [0.25, 0.3) is 0 Å². The molecule has 0 aliphatic carbocycles. The van der Waals surface area contributed by atoms with E-state index in [9.17, 15) is 8.42 Å². The average Bonchev–Trinajstić information content (AvgIpc) is 2.82. The van der Waals surface area contributed by atoms with Crippen molar-refractivity contribution in [3.8, 4) is 0 Å². The molecule has 1 aliphatic heterocycles. The average molecular weight is 276 g/mol. The molecule has 0 saturated carbocycles. The van der Waals surface area contributed by atoms with Gasteiger partial charge in [0.2, 0.25) is 10.0 Å². The molecular formula is C13H28N2O2S. The van der Waals surface area contributed by atoms with Gasteiger partial charge in [0.15, 0.2) is 0 Å². The van der Waals surface area contributed by atoms with E-state index in [2.05, 4.69) is 19.2 Å². The topological polar surface area (TPSA) is 49.4 Å². The van der Waals surface area contributed by atoms with Crippen molar-refractivity contribution in [2.24, 2.45) is 0 Å². The van der Waals surface area contributed by atoms with Crippen molar-refractivity contribution in [1.82, 2.24) is 9.62 Å². The maximum Gasteiger partial charge on any atom is 0.214 e. The highest BCUT2D eigenvalue weighted by atomic mass is 32.2. The molecule has 1 N–H and O–H groups in total. The zero-order valence-corrected chi connectivity index (χ0v) is 12.6. The molecule has 1 fully saturated rings. The Balaban J connectivity index is 2.27. The SMILES string of the molecule is CCCNCCCCS(=O)(=O)N1CCCC1CC. The van der Waals surface area contributed by atoms with Gasteiger partial charge in [-0.3, -0.25) is 0 Å². The Bertz CT molecular complexity index is 317. The molecule has 1 atom stereocenters. The molecule has 0 bridgehead atoms. The fourth-order valence-electron chi connectivity index (χ4n) is 2.54. The predicted molar refractivity (Wildman–Crippen MR) is 76.2 cm³/mol. The summed E-state index contributed by atoms with van der Waals surface area (Å²) < 4.78 is 26.1. The second-order valence-corrected chi connectivity index (χ2v) is 7.13. The molecule has 0 aromatic heterocycles. The Morgan fingerprint density at radius 1 is 1.22 bits per heavy atom. The summed E-state index contributed by atoms with van der Waals surface area (Å²) in [6, 6.07) is 0.258. The second kappa shape index (κ2) is 8.12. The lowest BCUT2D eigenvalue weighted by molar-refractivity contribution is 0.379. The van der Waals surface area contributed by atoms with Gasteiger partial charge >= 0.3 is 0 Å². The van der Waals surface area contributed by atoms with Crippen molar-refractivity contribution in [2.45, 2.75) is 58.4 Å². The normalized spacial score (nSPS) is 21.6. The standard InChI is InChI=1S/C13H28N2O2S/c1-3-9-14-10-5-6-12-18(16,17)15-11-7-8-13(15)4-2/h13-14H,3-12H2,1-2H3. The van der Waals surface area contributed by atoms with E-state index in [1.165, 1.54) is 0 Å². The summed E-state index contributed by atoms with van der Waals surface area (Å²) in [4.78, 5) is 0. The van der Waals surface area contributed by atoms with Crippen molar-refractivity contribution in [1.29, 1.82) is 0 Å². The van der Waals surface area contributed by atoms with Gasteiger partial charge < -0.3 is 5.32 Å². The van der Waals surface area contributed by atoms with Gasteiger partial charge in [-0.15, -0.1) is 0 Å². The summed E-state index contributed by atoms with van der Waals surface area (Å²) in [5.74, 6) is 0.317. The van der Waals surface area contributed by atoms with Gasteiger partial charge in [-0.05, 0) is 51.6 Å². The molecule has 1 saturated heterocycles. The lowest BCUT2D eigenvalue weighted by Crippen LogP contribution is -2.36. The summed E-state index contributed by atoms with van der Waals surface area (Å²) in [5.41, 5.74) is 0. The first-order valence-corrected chi connectivity index (χ1v) is 8.93. The molecule has 0 aromatic carbocycles. The smallest absolute Gasteiger partial charge is 0.214 e. The molecule has 1 heterocycles. The predicted octanol–water partition coefficient (Wildman–Crippen LogP) is 1.97. The molecule has 0 spiro atoms. The first-order valence-electron chi connectivity index (χ1n) is 7.32. The van der Waals surface area contributed by atoms with E-state index in [-0.39, 0.29) is 6.04 Å². The highest BCUT2D eigenvalue weighted by molar-refractivity contribution is 7.89. The van der Waals surface area contributed by atoms with Crippen LogP contribution in [0.3, 0.4) is 0 Å². The third-order valence-electron chi connectivity index (χ3n) is 3.58. The number of hydrogen-bond donors (Lipinski definition) is 1. The van der Waals surface area contributed by atoms with Gasteiger partial charge in [0.05, 0.1) is 5.75 Å². The molecule has 4 nitrogen and oxygen atoms in total. The van der Waals surface area contributed by atoms with E-state index < -0.39 is 10.0 Å². The minimum atomic E-state index is -3.01. The molecule has 1 unspecified atom stereocenters. The lowest BCUT2D eigenvalue weighted by Gasteiger charge is -2.22. The zero-order valence-electron chi connectivity index (χ0n) is 11.8. The van der Waals surface area contributed by atoms with E-state index in [1.54, 1.807) is 4.31 Å². The van der Waals surface area contributed by atoms with Gasteiger partial charge in [-0.2, -0.15) is 4.31 Å². The Morgan fingerprint density at radius 2 is 2.00 bits per heavy atom. The van der Waals surface area contributed by atoms with Gasteiger partial charge in [0, 0.05) is 12.6 Å². The number of unbranched alkanes of at least 4 members (excludes halogenated alkanes) is 1. The van der Waals surface area contributed by atoms with E-state index in [1.807, 2.05) is 0 Å². The summed E-state index contributed by atoms with van der Waals surface area (Å²) >= 11 is 0. The molecule has 1 rings (SSSR count). The number of hydrogen-bond acceptors (Lipinski definition) is 3. The Hall–Kier alpha value is -0.130. The van der Waals surface area contributed by atoms with Crippen LogP contribution in [0.15, 0.2) is 0 Å². The second-order valence-electron chi connectivity index (χ2n) is 5.09. The molecule has 0 aromatic rings. The lowest BCUT2D eigenvalue weighted by atomic mass is 10.2. The van der Waals surface area contributed by atoms with Gasteiger partial charge in [-0.1, -0.05) is 13.8 Å². The van der Waals surface area contributed by atoms with Crippen molar-refractivity contribution in [3.63, 3.8) is 0 Å². The quantitative estimate of drug-likeness (QED) is 0.655. The van der Waals surface area contributed by atoms with Gasteiger partial charge in [-0.25, -0.2) is 8.42 Å². The molecule has 5 heteroatoms. The van der Waals surface area contributed by atoms with Crippen molar-refractivity contribution in [3.05, 3.63) is 0 Å². The largest absolute Gasteiger partial charge is 0.317 e. The number of nitrogens with one attached hydrogen (secondary N) is 1. The van der Waals surface area contributed by atoms with E-state index >= 15 is 0 Å². The van der Waals surface area contributed by atoms with Crippen LogP contribution in [-0.2, 0) is 10.0 Å². The fraction of sp³-hybridized carbons (Fsp3) is 1.00. The third-order valence-corrected chi connectivity index (χ3v) is 5.58.